The van der Waals surface area contributed by atoms with Crippen LogP contribution in [0.1, 0.15) is 45.4 Å². The summed E-state index contributed by atoms with van der Waals surface area (Å²) in [5.74, 6) is 2.42. The van der Waals surface area contributed by atoms with Crippen molar-refractivity contribution in [3.8, 4) is 0 Å². The van der Waals surface area contributed by atoms with Gasteiger partial charge in [0.05, 0.1) is 8.67 Å². The van der Waals surface area contributed by atoms with Gasteiger partial charge in [-0.05, 0) is 30.7 Å². The third-order valence-electron chi connectivity index (χ3n) is 2.88. The molecule has 0 heterocycles. The Morgan fingerprint density at radius 3 is 2.20 bits per heavy atom. The lowest BCUT2D eigenvalue weighted by Gasteiger charge is -2.30. The lowest BCUT2D eigenvalue weighted by Crippen LogP contribution is -2.09. The molecule has 0 rings (SSSR count). The fourth-order valence-corrected chi connectivity index (χ4v) is 8.78. The van der Waals surface area contributed by atoms with Gasteiger partial charge in [-0.15, -0.1) is 11.6 Å². The van der Waals surface area contributed by atoms with Gasteiger partial charge in [-0.2, -0.15) is 0 Å². The maximum Gasteiger partial charge on any atom is 0.0661 e. The first-order valence-electron chi connectivity index (χ1n) is 6.37. The van der Waals surface area contributed by atoms with E-state index in [4.69, 9.17) is 11.6 Å². The second-order valence-corrected chi connectivity index (χ2v) is 16.3. The number of alkyl halides is 1. The number of hydrogen-bond acceptors (Lipinski definition) is 0. The first-order chi connectivity index (χ1) is 7.12. The van der Waals surface area contributed by atoms with Gasteiger partial charge in [0, 0.05) is 5.88 Å². The van der Waals surface area contributed by atoms with Crippen molar-refractivity contribution in [3.05, 3.63) is 0 Å². The van der Waals surface area contributed by atoms with E-state index in [2.05, 4.69) is 19.4 Å². The van der Waals surface area contributed by atoms with Crippen LogP contribution in [0.25, 0.3) is 0 Å². The zero-order valence-electron chi connectivity index (χ0n) is 10.9. The first-order valence-corrected chi connectivity index (χ1v) is 12.4. The van der Waals surface area contributed by atoms with Crippen molar-refractivity contribution in [2.24, 2.45) is 0 Å². The normalized spacial score (nSPS) is 13.9. The summed E-state index contributed by atoms with van der Waals surface area (Å²) >= 11 is 5.77. The van der Waals surface area contributed by atoms with Crippen molar-refractivity contribution in [1.82, 2.24) is 0 Å². The van der Waals surface area contributed by atoms with Crippen LogP contribution in [0, 0.1) is 0 Å². The lowest BCUT2D eigenvalue weighted by atomic mass is 10.1. The molecule has 0 unspecified atom stereocenters. The van der Waals surface area contributed by atoms with Crippen LogP contribution in [0.2, 0.25) is 6.04 Å². The molecule has 0 radical (unpaired) electrons. The SMILES string of the molecule is CCCCCCCCS(C)(C)[SiH2]CCCl. The van der Waals surface area contributed by atoms with Crippen molar-refractivity contribution in [3.63, 3.8) is 0 Å². The van der Waals surface area contributed by atoms with Gasteiger partial charge in [0.1, 0.15) is 0 Å². The molecule has 0 atom stereocenters. The quantitative estimate of drug-likeness (QED) is 0.317. The molecule has 0 aromatic carbocycles. The number of rotatable bonds is 10. The Bertz CT molecular complexity index is 140. The zero-order valence-corrected chi connectivity index (χ0v) is 13.8. The second kappa shape index (κ2) is 10.0. The summed E-state index contributed by atoms with van der Waals surface area (Å²) in [7, 11) is -0.0353. The Balaban J connectivity index is 3.32. The van der Waals surface area contributed by atoms with E-state index in [-0.39, 0.29) is 18.1 Å². The standard InChI is InChI=1S/C12H29ClSSi/c1-4-5-6-7-8-9-11-14(2,3)15-12-10-13/h4-12,15H2,1-3H3. The molecule has 0 saturated carbocycles. The van der Waals surface area contributed by atoms with Gasteiger partial charge in [0.25, 0.3) is 0 Å². The Labute approximate surface area is 105 Å². The molecule has 0 fully saturated rings. The fourth-order valence-electron chi connectivity index (χ4n) is 1.82. The molecule has 0 saturated heterocycles. The van der Waals surface area contributed by atoms with Crippen LogP contribution >= 0.6 is 21.1 Å². The fraction of sp³-hybridized carbons (Fsp3) is 1.00. The van der Waals surface area contributed by atoms with Crippen molar-refractivity contribution in [2.75, 3.05) is 24.1 Å². The minimum atomic E-state index is -0.182. The van der Waals surface area contributed by atoms with Gasteiger partial charge in [-0.25, -0.2) is 0 Å². The molecule has 94 valence electrons. The Morgan fingerprint density at radius 2 is 1.60 bits per heavy atom. The van der Waals surface area contributed by atoms with Gasteiger partial charge in [-0.1, -0.05) is 39.0 Å². The smallest absolute Gasteiger partial charge is 0.0661 e. The van der Waals surface area contributed by atoms with Gasteiger partial charge >= 0.3 is 0 Å². The number of hydrogen-bond donors (Lipinski definition) is 0. The monoisotopic (exact) mass is 268 g/mol. The molecule has 0 aliphatic heterocycles. The van der Waals surface area contributed by atoms with Crippen LogP contribution in [0.4, 0.5) is 0 Å². The highest BCUT2D eigenvalue weighted by molar-refractivity contribution is 8.51. The van der Waals surface area contributed by atoms with E-state index >= 15 is 0 Å². The summed E-state index contributed by atoms with van der Waals surface area (Å²) in [6, 6.07) is 1.35. The average Bonchev–Trinajstić information content (AvgIpc) is 2.20. The predicted octanol–water partition coefficient (Wildman–Crippen LogP) is 4.15. The van der Waals surface area contributed by atoms with Gasteiger partial charge < -0.3 is 0 Å². The van der Waals surface area contributed by atoms with E-state index in [1.807, 2.05) is 0 Å². The van der Waals surface area contributed by atoms with Crippen molar-refractivity contribution < 1.29 is 0 Å². The molecule has 0 bridgehead atoms. The van der Waals surface area contributed by atoms with E-state index in [9.17, 15) is 0 Å². The van der Waals surface area contributed by atoms with E-state index in [0.717, 1.165) is 5.88 Å². The number of unbranched alkanes of at least 4 members (excludes halogenated alkanes) is 5. The third kappa shape index (κ3) is 11.1. The molecule has 0 spiro atoms. The molecular formula is C12H29ClSSi. The maximum atomic E-state index is 5.77. The lowest BCUT2D eigenvalue weighted by molar-refractivity contribution is 0.626. The van der Waals surface area contributed by atoms with Crippen molar-refractivity contribution >= 4 is 29.7 Å². The van der Waals surface area contributed by atoms with E-state index in [1.54, 1.807) is 0 Å². The molecule has 0 N–H and O–H groups in total. The van der Waals surface area contributed by atoms with Crippen molar-refractivity contribution in [2.45, 2.75) is 51.5 Å². The first kappa shape index (κ1) is 15.9. The Kier molecular flexibility index (Phi) is 10.6. The summed E-state index contributed by atoms with van der Waals surface area (Å²) in [4.78, 5) is 0. The highest BCUT2D eigenvalue weighted by atomic mass is 35.5. The van der Waals surface area contributed by atoms with Crippen LogP contribution in [0.5, 0.6) is 0 Å². The van der Waals surface area contributed by atoms with Crippen LogP contribution in [-0.2, 0) is 0 Å². The minimum Gasteiger partial charge on any atom is -0.264 e. The highest BCUT2D eigenvalue weighted by Crippen LogP contribution is 2.39. The molecule has 0 aliphatic carbocycles. The Hall–Kier alpha value is 0.857. The predicted molar refractivity (Wildman–Crippen MR) is 81.8 cm³/mol. The zero-order chi connectivity index (χ0) is 11.6. The largest absolute Gasteiger partial charge is 0.264 e. The molecule has 0 amide bonds. The maximum absolute atomic E-state index is 5.77. The number of halogens is 1. The molecule has 0 aromatic rings. The summed E-state index contributed by atoms with van der Waals surface area (Å²) < 4.78 is 0. The van der Waals surface area contributed by atoms with Crippen LogP contribution in [0.3, 0.4) is 0 Å². The van der Waals surface area contributed by atoms with Crippen molar-refractivity contribution in [1.29, 1.82) is 0 Å². The molecule has 0 aliphatic rings. The van der Waals surface area contributed by atoms with Gasteiger partial charge in [0.15, 0.2) is 0 Å². The van der Waals surface area contributed by atoms with E-state index in [1.165, 1.54) is 50.3 Å². The van der Waals surface area contributed by atoms with Gasteiger partial charge in [-0.3, -0.25) is 9.48 Å². The van der Waals surface area contributed by atoms with Gasteiger partial charge in [0.2, 0.25) is 0 Å². The molecule has 15 heavy (non-hydrogen) atoms. The molecule has 0 aromatic heterocycles. The van der Waals surface area contributed by atoms with Crippen LogP contribution in [0.15, 0.2) is 0 Å². The molecule has 0 nitrogen and oxygen atoms in total. The average molecular weight is 269 g/mol. The second-order valence-electron chi connectivity index (χ2n) is 4.99. The van der Waals surface area contributed by atoms with E-state index in [0.29, 0.717) is 0 Å². The summed E-state index contributed by atoms with van der Waals surface area (Å²) in [5.41, 5.74) is 0. The Morgan fingerprint density at radius 1 is 1.00 bits per heavy atom. The molecular weight excluding hydrogens is 240 g/mol. The third-order valence-corrected chi connectivity index (χ3v) is 11.8. The summed E-state index contributed by atoms with van der Waals surface area (Å²) in [6.07, 6.45) is 13.7. The van der Waals surface area contributed by atoms with Crippen LogP contribution in [-0.4, -0.2) is 32.8 Å². The topological polar surface area (TPSA) is 0 Å². The summed E-state index contributed by atoms with van der Waals surface area (Å²) in [6.45, 7) is 2.28. The minimum absolute atomic E-state index is 0.147. The highest BCUT2D eigenvalue weighted by Gasteiger charge is 2.10. The molecule has 3 heteroatoms. The van der Waals surface area contributed by atoms with E-state index < -0.39 is 0 Å². The summed E-state index contributed by atoms with van der Waals surface area (Å²) in [5, 5.41) is 0. The van der Waals surface area contributed by atoms with Crippen LogP contribution < -0.4 is 0 Å².